The van der Waals surface area contributed by atoms with E-state index in [1.165, 1.54) is 19.6 Å². The maximum atomic E-state index is 12.7. The summed E-state index contributed by atoms with van der Waals surface area (Å²) in [6.07, 6.45) is -3.41. The third-order valence-corrected chi connectivity index (χ3v) is 2.32. The number of rotatable bonds is 4. The number of alkyl halides is 3. The minimum absolute atomic E-state index is 0.0860. The highest BCUT2D eigenvalue weighted by Crippen LogP contribution is 2.36. The van der Waals surface area contributed by atoms with Gasteiger partial charge in [0, 0.05) is 7.11 Å². The summed E-state index contributed by atoms with van der Waals surface area (Å²) in [6.45, 7) is 7.67. The standard InChI is InChI=1S/C12H15F3O2.C3H8/c1-8-4-5-11(17-7-9(2)16-3)10(6-8)12(13,14)15;1-3-2/h4-6,9H,7H2,1-3H3;3H2,1-2H3. The summed E-state index contributed by atoms with van der Waals surface area (Å²) in [4.78, 5) is 0. The Morgan fingerprint density at radius 2 is 1.75 bits per heavy atom. The predicted molar refractivity (Wildman–Crippen MR) is 74.1 cm³/mol. The van der Waals surface area contributed by atoms with Crippen molar-refractivity contribution in [2.75, 3.05) is 13.7 Å². The van der Waals surface area contributed by atoms with Gasteiger partial charge in [-0.3, -0.25) is 0 Å². The van der Waals surface area contributed by atoms with E-state index in [4.69, 9.17) is 9.47 Å². The van der Waals surface area contributed by atoms with E-state index in [0.29, 0.717) is 5.56 Å². The Bertz CT molecular complexity index is 389. The van der Waals surface area contributed by atoms with Crippen molar-refractivity contribution in [3.63, 3.8) is 0 Å². The van der Waals surface area contributed by atoms with Crippen LogP contribution in [0.4, 0.5) is 13.2 Å². The lowest BCUT2D eigenvalue weighted by Gasteiger charge is -2.16. The lowest BCUT2D eigenvalue weighted by molar-refractivity contribution is -0.139. The molecule has 0 saturated heterocycles. The number of ether oxygens (including phenoxy) is 2. The SMILES string of the molecule is CCC.COC(C)COc1ccc(C)cc1C(F)(F)F. The minimum Gasteiger partial charge on any atom is -0.490 e. The highest BCUT2D eigenvalue weighted by atomic mass is 19.4. The topological polar surface area (TPSA) is 18.5 Å². The van der Waals surface area contributed by atoms with Crippen LogP contribution in [0.5, 0.6) is 5.75 Å². The van der Waals surface area contributed by atoms with Gasteiger partial charge in [0.05, 0.1) is 11.7 Å². The molecule has 1 rings (SSSR count). The van der Waals surface area contributed by atoms with Crippen LogP contribution >= 0.6 is 0 Å². The third kappa shape index (κ3) is 6.80. The van der Waals surface area contributed by atoms with E-state index in [0.717, 1.165) is 6.07 Å². The number of benzene rings is 1. The molecular formula is C15H23F3O2. The van der Waals surface area contributed by atoms with Crippen LogP contribution in [0, 0.1) is 6.92 Å². The van der Waals surface area contributed by atoms with E-state index >= 15 is 0 Å². The summed E-state index contributed by atoms with van der Waals surface area (Å²) >= 11 is 0. The second-order valence-corrected chi connectivity index (χ2v) is 4.56. The zero-order valence-corrected chi connectivity index (χ0v) is 12.7. The van der Waals surface area contributed by atoms with Crippen molar-refractivity contribution >= 4 is 0 Å². The molecule has 0 radical (unpaired) electrons. The summed E-state index contributed by atoms with van der Waals surface area (Å²) in [5.41, 5.74) is -0.203. The lowest BCUT2D eigenvalue weighted by atomic mass is 10.1. The summed E-state index contributed by atoms with van der Waals surface area (Å²) in [5.74, 6) is -0.160. The van der Waals surface area contributed by atoms with Gasteiger partial charge in [0.1, 0.15) is 12.4 Å². The molecule has 0 saturated carbocycles. The van der Waals surface area contributed by atoms with E-state index in [1.54, 1.807) is 19.9 Å². The smallest absolute Gasteiger partial charge is 0.419 e. The molecule has 0 bridgehead atoms. The number of aryl methyl sites for hydroxylation is 1. The quantitative estimate of drug-likeness (QED) is 0.790. The molecule has 116 valence electrons. The Morgan fingerprint density at radius 1 is 1.20 bits per heavy atom. The number of methoxy groups -OCH3 is 1. The second kappa shape index (κ2) is 8.84. The van der Waals surface area contributed by atoms with Crippen molar-refractivity contribution in [1.29, 1.82) is 0 Å². The molecule has 1 aromatic carbocycles. The molecule has 1 unspecified atom stereocenters. The molecule has 2 nitrogen and oxygen atoms in total. The van der Waals surface area contributed by atoms with E-state index in [1.807, 2.05) is 0 Å². The van der Waals surface area contributed by atoms with Gasteiger partial charge < -0.3 is 9.47 Å². The van der Waals surface area contributed by atoms with Crippen molar-refractivity contribution in [2.24, 2.45) is 0 Å². The number of hydrogen-bond donors (Lipinski definition) is 0. The van der Waals surface area contributed by atoms with Crippen molar-refractivity contribution in [2.45, 2.75) is 46.4 Å². The summed E-state index contributed by atoms with van der Waals surface area (Å²) in [6, 6.07) is 4.00. The first-order valence-corrected chi connectivity index (χ1v) is 6.59. The first kappa shape index (κ1) is 18.8. The van der Waals surface area contributed by atoms with E-state index < -0.39 is 11.7 Å². The fourth-order valence-corrected chi connectivity index (χ4v) is 1.27. The van der Waals surface area contributed by atoms with Crippen molar-refractivity contribution < 1.29 is 22.6 Å². The van der Waals surface area contributed by atoms with Crippen LogP contribution in [0.2, 0.25) is 0 Å². The van der Waals surface area contributed by atoms with E-state index in [9.17, 15) is 13.2 Å². The summed E-state index contributed by atoms with van der Waals surface area (Å²) in [5, 5.41) is 0. The van der Waals surface area contributed by atoms with Crippen molar-refractivity contribution in [3.8, 4) is 5.75 Å². The summed E-state index contributed by atoms with van der Waals surface area (Å²) in [7, 11) is 1.48. The molecule has 0 heterocycles. The molecule has 0 aromatic heterocycles. The Morgan fingerprint density at radius 3 is 2.20 bits per heavy atom. The largest absolute Gasteiger partial charge is 0.490 e. The van der Waals surface area contributed by atoms with Crippen LogP contribution in [-0.2, 0) is 10.9 Å². The molecule has 0 fully saturated rings. The van der Waals surface area contributed by atoms with Gasteiger partial charge in [-0.25, -0.2) is 0 Å². The van der Waals surface area contributed by atoms with Crippen molar-refractivity contribution in [1.82, 2.24) is 0 Å². The van der Waals surface area contributed by atoms with Gasteiger partial charge in [-0.15, -0.1) is 0 Å². The zero-order valence-electron chi connectivity index (χ0n) is 12.7. The molecule has 0 amide bonds. The van der Waals surface area contributed by atoms with Gasteiger partial charge in [-0.2, -0.15) is 13.2 Å². The molecule has 0 N–H and O–H groups in total. The molecular weight excluding hydrogens is 269 g/mol. The average Bonchev–Trinajstić information content (AvgIpc) is 2.36. The fraction of sp³-hybridized carbons (Fsp3) is 0.600. The predicted octanol–water partition coefficient (Wildman–Crippen LogP) is 4.84. The van der Waals surface area contributed by atoms with Crippen LogP contribution in [0.25, 0.3) is 0 Å². The minimum atomic E-state index is -4.41. The molecule has 5 heteroatoms. The van der Waals surface area contributed by atoms with Gasteiger partial charge >= 0.3 is 6.18 Å². The second-order valence-electron chi connectivity index (χ2n) is 4.56. The molecule has 0 aliphatic carbocycles. The third-order valence-electron chi connectivity index (χ3n) is 2.32. The van der Waals surface area contributed by atoms with Gasteiger partial charge in [0.15, 0.2) is 0 Å². The zero-order chi connectivity index (χ0) is 15.8. The lowest BCUT2D eigenvalue weighted by Crippen LogP contribution is -2.18. The van der Waals surface area contributed by atoms with Gasteiger partial charge in [-0.1, -0.05) is 31.9 Å². The molecule has 0 spiro atoms. The molecule has 0 aliphatic heterocycles. The monoisotopic (exact) mass is 292 g/mol. The Hall–Kier alpha value is -1.23. The first-order valence-electron chi connectivity index (χ1n) is 6.59. The van der Waals surface area contributed by atoms with Gasteiger partial charge in [-0.05, 0) is 26.0 Å². The maximum Gasteiger partial charge on any atom is 0.419 e. The molecule has 1 aromatic rings. The number of hydrogen-bond acceptors (Lipinski definition) is 2. The molecule has 1 atom stereocenters. The van der Waals surface area contributed by atoms with Crippen LogP contribution < -0.4 is 4.74 Å². The normalized spacial score (nSPS) is 12.4. The average molecular weight is 292 g/mol. The molecule has 20 heavy (non-hydrogen) atoms. The van der Waals surface area contributed by atoms with Gasteiger partial charge in [0.2, 0.25) is 0 Å². The number of halogens is 3. The maximum absolute atomic E-state index is 12.7. The Balaban J connectivity index is 0.00000110. The highest BCUT2D eigenvalue weighted by Gasteiger charge is 2.34. The van der Waals surface area contributed by atoms with Crippen LogP contribution in [0.3, 0.4) is 0 Å². The van der Waals surface area contributed by atoms with E-state index in [2.05, 4.69) is 13.8 Å². The first-order chi connectivity index (χ1) is 9.26. The van der Waals surface area contributed by atoms with Crippen LogP contribution in [0.15, 0.2) is 18.2 Å². The molecule has 0 aliphatic rings. The Labute approximate surface area is 118 Å². The Kier molecular flexibility index (Phi) is 8.30. The van der Waals surface area contributed by atoms with Crippen LogP contribution in [0.1, 0.15) is 38.3 Å². The summed E-state index contributed by atoms with van der Waals surface area (Å²) < 4.78 is 48.2. The fourth-order valence-electron chi connectivity index (χ4n) is 1.27. The van der Waals surface area contributed by atoms with E-state index in [-0.39, 0.29) is 18.5 Å². The van der Waals surface area contributed by atoms with Crippen LogP contribution in [-0.4, -0.2) is 19.8 Å². The van der Waals surface area contributed by atoms with Gasteiger partial charge in [0.25, 0.3) is 0 Å². The van der Waals surface area contributed by atoms with Crippen molar-refractivity contribution in [3.05, 3.63) is 29.3 Å². The highest BCUT2D eigenvalue weighted by molar-refractivity contribution is 5.38.